The van der Waals surface area contributed by atoms with E-state index in [0.29, 0.717) is 28.3 Å². The second-order valence-corrected chi connectivity index (χ2v) is 15.4. The van der Waals surface area contributed by atoms with E-state index in [2.05, 4.69) is 31.2 Å². The summed E-state index contributed by atoms with van der Waals surface area (Å²) in [6.07, 6.45) is -2.79. The maximum Gasteiger partial charge on any atom is 0.261 e. The smallest absolute Gasteiger partial charge is 0.261 e. The molecule has 1 fully saturated rings. The summed E-state index contributed by atoms with van der Waals surface area (Å²) in [5.74, 6) is 0.389. The second-order valence-electron chi connectivity index (χ2n) is 15.0. The molecule has 0 saturated carbocycles. The Kier molecular flexibility index (Phi) is 16.1. The van der Waals surface area contributed by atoms with Gasteiger partial charge in [-0.25, -0.2) is 8.78 Å². The van der Waals surface area contributed by atoms with Gasteiger partial charge in [0.2, 0.25) is 0 Å². The molecule has 4 atom stereocenters. The molecule has 1 saturated heterocycles. The largest absolute Gasteiger partial charge is 0.493 e. The fourth-order valence-electron chi connectivity index (χ4n) is 7.33. The van der Waals surface area contributed by atoms with Crippen molar-refractivity contribution in [3.05, 3.63) is 225 Å². The molecule has 0 radical (unpaired) electrons. The van der Waals surface area contributed by atoms with Crippen LogP contribution in [0.2, 0.25) is 5.02 Å². The van der Waals surface area contributed by atoms with Crippen LogP contribution in [0, 0.1) is 0 Å². The third-order valence-corrected chi connectivity index (χ3v) is 10.9. The Morgan fingerprint density at radius 1 is 0.574 bits per heavy atom. The van der Waals surface area contributed by atoms with Crippen LogP contribution in [0.15, 0.2) is 170 Å². The van der Waals surface area contributed by atoms with Gasteiger partial charge < -0.3 is 28.4 Å². The molecule has 316 valence electrons. The van der Waals surface area contributed by atoms with Gasteiger partial charge in [0.05, 0.1) is 26.4 Å². The molecular weight excluding hydrogens is 794 g/mol. The third-order valence-electron chi connectivity index (χ3n) is 10.5. The molecule has 6 aromatic rings. The van der Waals surface area contributed by atoms with E-state index in [1.807, 2.05) is 127 Å². The van der Waals surface area contributed by atoms with Gasteiger partial charge in [-0.15, -0.1) is 0 Å². The SMILES string of the molecule is CCc1ccc(Cc2cc([C@@H]3O/C(=C/OCc4ccccc4)[C@@H](OCc4ccccc4)[C@H](OCc4ccccc4)[C@H]3OCc3ccccc3)c(COCC(F)F)cc2Cl)cc1. The molecule has 6 nitrogen and oxygen atoms in total. The predicted molar refractivity (Wildman–Crippen MR) is 234 cm³/mol. The van der Waals surface area contributed by atoms with E-state index in [0.717, 1.165) is 39.8 Å². The van der Waals surface area contributed by atoms with Gasteiger partial charge in [-0.3, -0.25) is 0 Å². The van der Waals surface area contributed by atoms with Crippen molar-refractivity contribution in [2.45, 2.75) is 83.6 Å². The molecule has 7 rings (SSSR count). The van der Waals surface area contributed by atoms with Crippen LogP contribution < -0.4 is 0 Å². The summed E-state index contributed by atoms with van der Waals surface area (Å²) in [4.78, 5) is 0. The van der Waals surface area contributed by atoms with Crippen molar-refractivity contribution < 1.29 is 37.2 Å². The predicted octanol–water partition coefficient (Wildman–Crippen LogP) is 12.2. The van der Waals surface area contributed by atoms with Crippen molar-refractivity contribution in [3.8, 4) is 0 Å². The Hall–Kier alpha value is -5.35. The van der Waals surface area contributed by atoms with Crippen LogP contribution in [0.4, 0.5) is 8.78 Å². The molecule has 1 heterocycles. The lowest BCUT2D eigenvalue weighted by Gasteiger charge is -2.44. The highest BCUT2D eigenvalue weighted by Crippen LogP contribution is 2.43. The Balaban J connectivity index is 1.34. The van der Waals surface area contributed by atoms with E-state index in [1.165, 1.54) is 5.56 Å². The van der Waals surface area contributed by atoms with Gasteiger partial charge in [-0.05, 0) is 69.5 Å². The van der Waals surface area contributed by atoms with E-state index < -0.39 is 37.4 Å². The highest BCUT2D eigenvalue weighted by atomic mass is 35.5. The van der Waals surface area contributed by atoms with Crippen LogP contribution >= 0.6 is 11.6 Å². The highest BCUT2D eigenvalue weighted by molar-refractivity contribution is 6.31. The lowest BCUT2D eigenvalue weighted by molar-refractivity contribution is -0.218. The molecule has 1 aliphatic rings. The van der Waals surface area contributed by atoms with Gasteiger partial charge in [0.15, 0.2) is 11.9 Å². The lowest BCUT2D eigenvalue weighted by Crippen LogP contribution is -2.52. The number of halogens is 3. The van der Waals surface area contributed by atoms with Crippen molar-refractivity contribution in [2.24, 2.45) is 0 Å². The van der Waals surface area contributed by atoms with Crippen LogP contribution in [0.1, 0.15) is 63.1 Å². The van der Waals surface area contributed by atoms with Crippen molar-refractivity contribution in [3.63, 3.8) is 0 Å². The molecule has 0 amide bonds. The maximum atomic E-state index is 13.5. The highest BCUT2D eigenvalue weighted by Gasteiger charge is 2.48. The Morgan fingerprint density at radius 3 is 1.62 bits per heavy atom. The first-order valence-electron chi connectivity index (χ1n) is 20.7. The van der Waals surface area contributed by atoms with E-state index in [1.54, 1.807) is 12.3 Å². The van der Waals surface area contributed by atoms with Crippen molar-refractivity contribution in [1.29, 1.82) is 0 Å². The van der Waals surface area contributed by atoms with E-state index in [-0.39, 0.29) is 33.0 Å². The van der Waals surface area contributed by atoms with Gasteiger partial charge in [0.1, 0.15) is 37.8 Å². The zero-order chi connectivity index (χ0) is 42.2. The lowest BCUT2D eigenvalue weighted by atomic mass is 9.88. The summed E-state index contributed by atoms with van der Waals surface area (Å²) in [5, 5.41) is 0.486. The van der Waals surface area contributed by atoms with E-state index >= 15 is 0 Å². The van der Waals surface area contributed by atoms with Gasteiger partial charge in [0, 0.05) is 10.6 Å². The Labute approximate surface area is 362 Å². The van der Waals surface area contributed by atoms with Crippen molar-refractivity contribution in [1.82, 2.24) is 0 Å². The fourth-order valence-corrected chi connectivity index (χ4v) is 7.58. The van der Waals surface area contributed by atoms with Gasteiger partial charge in [-0.1, -0.05) is 164 Å². The molecule has 0 aromatic heterocycles. The maximum absolute atomic E-state index is 13.5. The van der Waals surface area contributed by atoms with Gasteiger partial charge in [0.25, 0.3) is 6.43 Å². The molecular formula is C52H51ClF2O6. The average molecular weight is 845 g/mol. The summed E-state index contributed by atoms with van der Waals surface area (Å²) < 4.78 is 66.7. The van der Waals surface area contributed by atoms with Crippen LogP contribution in [0.3, 0.4) is 0 Å². The van der Waals surface area contributed by atoms with Crippen molar-refractivity contribution >= 4 is 11.6 Å². The minimum atomic E-state index is -2.65. The number of ether oxygens (including phenoxy) is 6. The summed E-state index contributed by atoms with van der Waals surface area (Å²) in [5.41, 5.74) is 8.24. The number of benzene rings is 6. The molecule has 0 unspecified atom stereocenters. The summed E-state index contributed by atoms with van der Waals surface area (Å²) in [6, 6.07) is 51.8. The van der Waals surface area contributed by atoms with Gasteiger partial charge >= 0.3 is 0 Å². The second kappa shape index (κ2) is 22.5. The summed E-state index contributed by atoms with van der Waals surface area (Å²) in [6.45, 7) is 2.26. The standard InChI is InChI=1S/C52H51ClF2O6/c1-2-37-23-25-38(26-24-37)27-43-28-45(44(29-46(43)53)34-57-36-48(54)55)49-51(59-32-41-19-11-5-12-20-41)52(60-33-42-21-13-6-14-22-42)50(58-31-40-17-9-4-10-18-40)47(61-49)35-56-30-39-15-7-3-8-16-39/h3-26,28-29,35,48-52H,2,27,30-34,36H2,1H3/b47-35+/t49-,50+,51-,52-/m0/s1. The zero-order valence-corrected chi connectivity index (χ0v) is 35.0. The number of hydrogen-bond donors (Lipinski definition) is 0. The van der Waals surface area contributed by atoms with Crippen LogP contribution in [-0.2, 0) is 74.3 Å². The van der Waals surface area contributed by atoms with E-state index in [4.69, 9.17) is 40.0 Å². The average Bonchev–Trinajstić information content (AvgIpc) is 3.29. The summed E-state index contributed by atoms with van der Waals surface area (Å²) >= 11 is 7.04. The first-order chi connectivity index (χ1) is 29.9. The molecule has 0 N–H and O–H groups in total. The van der Waals surface area contributed by atoms with Crippen LogP contribution in [-0.4, -0.2) is 31.3 Å². The first kappa shape index (κ1) is 43.7. The molecule has 0 bridgehead atoms. The Bertz CT molecular complexity index is 2240. The monoisotopic (exact) mass is 844 g/mol. The zero-order valence-electron chi connectivity index (χ0n) is 34.2. The minimum Gasteiger partial charge on any atom is -0.493 e. The number of rotatable bonds is 20. The minimum absolute atomic E-state index is 0.136. The topological polar surface area (TPSA) is 55.4 Å². The van der Waals surface area contributed by atoms with Gasteiger partial charge in [-0.2, -0.15) is 0 Å². The summed E-state index contributed by atoms with van der Waals surface area (Å²) in [7, 11) is 0. The molecule has 0 spiro atoms. The van der Waals surface area contributed by atoms with Crippen LogP contribution in [0.5, 0.6) is 0 Å². The van der Waals surface area contributed by atoms with E-state index in [9.17, 15) is 8.78 Å². The molecule has 61 heavy (non-hydrogen) atoms. The van der Waals surface area contributed by atoms with Crippen molar-refractivity contribution in [2.75, 3.05) is 6.61 Å². The molecule has 1 aliphatic heterocycles. The number of alkyl halides is 2. The fraction of sp³-hybridized carbons (Fsp3) is 0.269. The number of aryl methyl sites for hydroxylation is 1. The van der Waals surface area contributed by atoms with Crippen LogP contribution in [0.25, 0.3) is 0 Å². The Morgan fingerprint density at radius 2 is 1.08 bits per heavy atom. The molecule has 9 heteroatoms. The quantitative estimate of drug-likeness (QED) is 0.0714. The first-order valence-corrected chi connectivity index (χ1v) is 21.0. The molecule has 0 aliphatic carbocycles. The normalized spacial score (nSPS) is 18.3. The molecule has 6 aromatic carbocycles. The number of hydrogen-bond acceptors (Lipinski definition) is 6. The third kappa shape index (κ3) is 12.6.